The van der Waals surface area contributed by atoms with Crippen LogP contribution in [-0.2, 0) is 0 Å². The van der Waals surface area contributed by atoms with Gasteiger partial charge in [-0.15, -0.1) is 0 Å². The number of nitrogens with one attached hydrogen (secondary N) is 1. The van der Waals surface area contributed by atoms with E-state index in [1.807, 2.05) is 37.3 Å². The number of rotatable bonds is 4. The Morgan fingerprint density at radius 1 is 1.00 bits per heavy atom. The molecule has 152 valence electrons. The average molecular weight is 442 g/mol. The largest absolute Gasteiger partial charge is 0.382 e. The third kappa shape index (κ3) is 3.51. The summed E-state index contributed by atoms with van der Waals surface area (Å²) in [6.07, 6.45) is 0. The number of hydrogen-bond acceptors (Lipinski definition) is 7. The van der Waals surface area contributed by atoms with Gasteiger partial charge in [-0.05, 0) is 31.2 Å². The molecule has 0 saturated carbocycles. The van der Waals surface area contributed by atoms with Crippen molar-refractivity contribution in [1.82, 2.24) is 19.5 Å². The van der Waals surface area contributed by atoms with Gasteiger partial charge < -0.3 is 16.8 Å². The second-order valence-corrected chi connectivity index (χ2v) is 7.36. The topological polar surface area (TPSA) is 125 Å². The number of anilines is 3. The minimum absolute atomic E-state index is 0.0229. The molecule has 30 heavy (non-hydrogen) atoms. The smallest absolute Gasteiger partial charge is 0.267 e. The molecule has 4 rings (SSSR count). The van der Waals surface area contributed by atoms with E-state index in [1.54, 1.807) is 18.2 Å². The summed E-state index contributed by atoms with van der Waals surface area (Å²) in [6.45, 7) is 1.82. The lowest BCUT2D eigenvalue weighted by molar-refractivity contribution is 0.731. The molecule has 8 nitrogen and oxygen atoms in total. The molecule has 0 radical (unpaired) electrons. The predicted octanol–water partition coefficient (Wildman–Crippen LogP) is 3.82. The normalized spacial score (nSPS) is 12.1. The Morgan fingerprint density at radius 3 is 2.47 bits per heavy atom. The van der Waals surface area contributed by atoms with Gasteiger partial charge in [-0.2, -0.15) is 9.97 Å². The molecule has 2 aromatic carbocycles. The SMILES string of the molecule is C[C@H](Nc1nc(N)nc(N)c1Cl)c1nc2cccc(Cl)c2c(=O)n1-c1ccccc1. The van der Waals surface area contributed by atoms with Crippen LogP contribution in [0.25, 0.3) is 16.6 Å². The lowest BCUT2D eigenvalue weighted by atomic mass is 10.2. The Bertz CT molecular complexity index is 1310. The van der Waals surface area contributed by atoms with Crippen LogP contribution in [0.2, 0.25) is 10.0 Å². The van der Waals surface area contributed by atoms with Crippen LogP contribution in [0, 0.1) is 0 Å². The van der Waals surface area contributed by atoms with Gasteiger partial charge in [-0.3, -0.25) is 9.36 Å². The van der Waals surface area contributed by atoms with E-state index in [1.165, 1.54) is 4.57 Å². The quantitative estimate of drug-likeness (QED) is 0.439. The van der Waals surface area contributed by atoms with Gasteiger partial charge in [-0.1, -0.05) is 47.5 Å². The van der Waals surface area contributed by atoms with Gasteiger partial charge in [0.2, 0.25) is 5.95 Å². The highest BCUT2D eigenvalue weighted by atomic mass is 35.5. The van der Waals surface area contributed by atoms with Crippen LogP contribution < -0.4 is 22.3 Å². The fraction of sp³-hybridized carbons (Fsp3) is 0.100. The van der Waals surface area contributed by atoms with Gasteiger partial charge in [-0.25, -0.2) is 4.98 Å². The van der Waals surface area contributed by atoms with E-state index in [0.29, 0.717) is 27.4 Å². The molecule has 0 bridgehead atoms. The molecule has 2 aromatic heterocycles. The number of fused-ring (bicyclic) bond motifs is 1. The Morgan fingerprint density at radius 2 is 1.73 bits per heavy atom. The van der Waals surface area contributed by atoms with Crippen LogP contribution in [0.5, 0.6) is 0 Å². The highest BCUT2D eigenvalue weighted by Crippen LogP contribution is 2.29. The van der Waals surface area contributed by atoms with Crippen LogP contribution in [0.4, 0.5) is 17.6 Å². The molecule has 0 amide bonds. The molecule has 5 N–H and O–H groups in total. The average Bonchev–Trinajstić information content (AvgIpc) is 2.72. The maximum absolute atomic E-state index is 13.4. The molecule has 4 aromatic rings. The number of aromatic nitrogens is 4. The second kappa shape index (κ2) is 7.81. The van der Waals surface area contributed by atoms with Crippen molar-refractivity contribution < 1.29 is 0 Å². The zero-order valence-corrected chi connectivity index (χ0v) is 17.3. The summed E-state index contributed by atoms with van der Waals surface area (Å²) in [4.78, 5) is 26.1. The molecule has 0 saturated heterocycles. The van der Waals surface area contributed by atoms with Crippen molar-refractivity contribution in [1.29, 1.82) is 0 Å². The zero-order valence-electron chi connectivity index (χ0n) is 15.8. The summed E-state index contributed by atoms with van der Waals surface area (Å²) in [5.41, 5.74) is 12.3. The minimum atomic E-state index is -0.493. The third-order valence-electron chi connectivity index (χ3n) is 4.52. The first kappa shape index (κ1) is 19.9. The molecule has 2 heterocycles. The van der Waals surface area contributed by atoms with Gasteiger partial charge in [0.25, 0.3) is 5.56 Å². The summed E-state index contributed by atoms with van der Waals surface area (Å²) < 4.78 is 1.51. The Balaban J connectivity index is 1.93. The molecule has 0 unspecified atom stereocenters. The molecule has 10 heteroatoms. The summed E-state index contributed by atoms with van der Waals surface area (Å²) in [5.74, 6) is 0.713. The van der Waals surface area contributed by atoms with Crippen molar-refractivity contribution in [2.75, 3.05) is 16.8 Å². The highest BCUT2D eigenvalue weighted by molar-refractivity contribution is 6.35. The van der Waals surface area contributed by atoms with Crippen LogP contribution in [0.15, 0.2) is 53.3 Å². The summed E-state index contributed by atoms with van der Waals surface area (Å²) >= 11 is 12.5. The van der Waals surface area contributed by atoms with Gasteiger partial charge in [0.15, 0.2) is 5.82 Å². The fourth-order valence-electron chi connectivity index (χ4n) is 3.17. The van der Waals surface area contributed by atoms with E-state index in [2.05, 4.69) is 15.3 Å². The molecule has 0 fully saturated rings. The van der Waals surface area contributed by atoms with Crippen molar-refractivity contribution in [2.24, 2.45) is 0 Å². The van der Waals surface area contributed by atoms with E-state index in [9.17, 15) is 4.79 Å². The molecule has 0 spiro atoms. The summed E-state index contributed by atoms with van der Waals surface area (Å²) in [5, 5.41) is 3.93. The number of halogens is 2. The number of benzene rings is 2. The molecule has 0 aliphatic heterocycles. The predicted molar refractivity (Wildman–Crippen MR) is 120 cm³/mol. The Kier molecular flexibility index (Phi) is 5.19. The Hall–Kier alpha value is -3.36. The molecule has 0 aliphatic carbocycles. The van der Waals surface area contributed by atoms with Gasteiger partial charge >= 0.3 is 0 Å². The van der Waals surface area contributed by atoms with Gasteiger partial charge in [0.1, 0.15) is 16.7 Å². The first-order chi connectivity index (χ1) is 14.4. The standard InChI is InChI=1S/C20H17Cl2N7O/c1-10(25-17-15(22)16(23)27-20(24)28-17)18-26-13-9-5-8-12(21)14(13)19(30)29(18)11-6-3-2-4-7-11/h2-10H,1H3,(H5,23,24,25,27,28)/t10-/m0/s1. The van der Waals surface area contributed by atoms with Crippen LogP contribution >= 0.6 is 23.2 Å². The number of para-hydroxylation sites is 1. The van der Waals surface area contributed by atoms with Crippen molar-refractivity contribution in [2.45, 2.75) is 13.0 Å². The van der Waals surface area contributed by atoms with Crippen LogP contribution in [0.1, 0.15) is 18.8 Å². The zero-order chi connectivity index (χ0) is 21.4. The van der Waals surface area contributed by atoms with E-state index in [-0.39, 0.29) is 28.2 Å². The van der Waals surface area contributed by atoms with Crippen molar-refractivity contribution >= 4 is 51.7 Å². The highest BCUT2D eigenvalue weighted by Gasteiger charge is 2.21. The molecule has 1 atom stereocenters. The second-order valence-electron chi connectivity index (χ2n) is 6.58. The van der Waals surface area contributed by atoms with Crippen molar-refractivity contribution in [3.8, 4) is 5.69 Å². The first-order valence-electron chi connectivity index (χ1n) is 8.98. The maximum atomic E-state index is 13.4. The lowest BCUT2D eigenvalue weighted by Crippen LogP contribution is -2.27. The number of nitrogens with two attached hydrogens (primary N) is 2. The Labute approximate surface area is 181 Å². The van der Waals surface area contributed by atoms with Crippen molar-refractivity contribution in [3.63, 3.8) is 0 Å². The summed E-state index contributed by atoms with van der Waals surface area (Å²) in [6, 6.07) is 13.8. The lowest BCUT2D eigenvalue weighted by Gasteiger charge is -2.21. The van der Waals surface area contributed by atoms with Crippen molar-refractivity contribution in [3.05, 3.63) is 74.8 Å². The fourth-order valence-corrected chi connectivity index (χ4v) is 3.56. The van der Waals surface area contributed by atoms with E-state index in [0.717, 1.165) is 0 Å². The maximum Gasteiger partial charge on any atom is 0.267 e. The van der Waals surface area contributed by atoms with Gasteiger partial charge in [0.05, 0.1) is 27.7 Å². The first-order valence-corrected chi connectivity index (χ1v) is 9.74. The van der Waals surface area contributed by atoms with Crippen LogP contribution in [0.3, 0.4) is 0 Å². The van der Waals surface area contributed by atoms with E-state index >= 15 is 0 Å². The third-order valence-corrected chi connectivity index (χ3v) is 5.21. The van der Waals surface area contributed by atoms with Gasteiger partial charge in [0, 0.05) is 0 Å². The molecule has 0 aliphatic rings. The van der Waals surface area contributed by atoms with E-state index in [4.69, 9.17) is 39.7 Å². The minimum Gasteiger partial charge on any atom is -0.382 e. The number of nitrogen functional groups attached to an aromatic ring is 2. The number of nitrogens with zero attached hydrogens (tertiary/aromatic N) is 4. The molecular formula is C20H17Cl2N7O. The van der Waals surface area contributed by atoms with E-state index < -0.39 is 6.04 Å². The van der Waals surface area contributed by atoms with Crippen LogP contribution in [-0.4, -0.2) is 19.5 Å². The molecular weight excluding hydrogens is 425 g/mol. The monoisotopic (exact) mass is 441 g/mol. The number of hydrogen-bond donors (Lipinski definition) is 3. The summed E-state index contributed by atoms with van der Waals surface area (Å²) in [7, 11) is 0.